The maximum absolute atomic E-state index is 12.8. The molecule has 0 radical (unpaired) electrons. The Morgan fingerprint density at radius 3 is 2.23 bits per heavy atom. The second-order valence-corrected chi connectivity index (χ2v) is 8.59. The lowest BCUT2D eigenvalue weighted by molar-refractivity contribution is -0.137. The minimum absolute atomic E-state index is 0.286. The first-order chi connectivity index (χ1) is 13.9. The van der Waals surface area contributed by atoms with E-state index in [1.54, 1.807) is 6.92 Å². The monoisotopic (exact) mass is 443 g/mol. The maximum Gasteiger partial charge on any atom is 0.416 e. The van der Waals surface area contributed by atoms with Gasteiger partial charge in [-0.15, -0.1) is 0 Å². The molecule has 0 aliphatic carbocycles. The number of anilines is 1. The number of rotatable bonds is 8. The molecule has 0 aliphatic rings. The summed E-state index contributed by atoms with van der Waals surface area (Å²) in [6, 6.07) is 10.9. The van der Waals surface area contributed by atoms with Gasteiger partial charge in [0.15, 0.2) is 0 Å². The van der Waals surface area contributed by atoms with Gasteiger partial charge >= 0.3 is 6.18 Å². The van der Waals surface area contributed by atoms with Crippen molar-refractivity contribution in [2.75, 3.05) is 32.1 Å². The predicted octanol–water partition coefficient (Wildman–Crippen LogP) is 3.10. The van der Waals surface area contributed by atoms with Crippen LogP contribution in [0.1, 0.15) is 18.1 Å². The number of sulfonamides is 1. The third-order valence-corrected chi connectivity index (χ3v) is 5.84. The summed E-state index contributed by atoms with van der Waals surface area (Å²) in [7, 11) is -0.451. The predicted molar refractivity (Wildman–Crippen MR) is 108 cm³/mol. The van der Waals surface area contributed by atoms with Crippen molar-refractivity contribution in [2.45, 2.75) is 24.5 Å². The zero-order chi connectivity index (χ0) is 22.5. The van der Waals surface area contributed by atoms with Crippen LogP contribution in [0.15, 0.2) is 53.4 Å². The topological polar surface area (TPSA) is 69.7 Å². The Balaban J connectivity index is 2.05. The van der Waals surface area contributed by atoms with Crippen molar-refractivity contribution in [3.63, 3.8) is 0 Å². The van der Waals surface area contributed by atoms with Gasteiger partial charge in [-0.2, -0.15) is 13.2 Å². The van der Waals surface area contributed by atoms with Crippen LogP contribution in [0.2, 0.25) is 0 Å². The lowest BCUT2D eigenvalue weighted by atomic mass is 10.2. The molecule has 30 heavy (non-hydrogen) atoms. The van der Waals surface area contributed by atoms with Gasteiger partial charge in [-0.25, -0.2) is 13.1 Å². The number of halogens is 3. The Hall–Kier alpha value is -2.59. The number of carbonyl (C=O) groups is 1. The van der Waals surface area contributed by atoms with Crippen LogP contribution < -0.4 is 9.62 Å². The molecule has 2 aromatic rings. The summed E-state index contributed by atoms with van der Waals surface area (Å²) >= 11 is 0. The van der Waals surface area contributed by atoms with Crippen LogP contribution in [-0.4, -0.2) is 46.4 Å². The van der Waals surface area contributed by atoms with E-state index in [0.29, 0.717) is 12.6 Å². The average molecular weight is 443 g/mol. The summed E-state index contributed by atoms with van der Waals surface area (Å²) in [5.41, 5.74) is 0.798. The standard InChI is InChI=1S/C20H24F3N3O3S/c1-4-26(14-15-8-10-17(11-9-15)25(2)3)19(27)13-24-30(28,29)18-7-5-6-16(12-18)20(21,22)23/h5-12,24H,4,13-14H2,1-3H3. The van der Waals surface area contributed by atoms with Crippen molar-refractivity contribution in [2.24, 2.45) is 0 Å². The van der Waals surface area contributed by atoms with Crippen LogP contribution in [0.5, 0.6) is 0 Å². The van der Waals surface area contributed by atoms with Crippen LogP contribution in [0.3, 0.4) is 0 Å². The Kier molecular flexibility index (Phi) is 7.49. The van der Waals surface area contributed by atoms with Crippen LogP contribution in [0.4, 0.5) is 18.9 Å². The second kappa shape index (κ2) is 9.48. The molecule has 2 aromatic carbocycles. The Morgan fingerprint density at radius 2 is 1.70 bits per heavy atom. The highest BCUT2D eigenvalue weighted by atomic mass is 32.2. The molecule has 164 valence electrons. The van der Waals surface area contributed by atoms with E-state index in [1.165, 1.54) is 4.90 Å². The average Bonchev–Trinajstić information content (AvgIpc) is 2.70. The molecule has 1 amide bonds. The van der Waals surface area contributed by atoms with Gasteiger partial charge in [0.05, 0.1) is 17.0 Å². The molecule has 0 bridgehead atoms. The highest BCUT2D eigenvalue weighted by Gasteiger charge is 2.31. The van der Waals surface area contributed by atoms with E-state index in [0.717, 1.165) is 29.4 Å². The van der Waals surface area contributed by atoms with Crippen LogP contribution in [-0.2, 0) is 27.5 Å². The number of benzene rings is 2. The van der Waals surface area contributed by atoms with Gasteiger partial charge in [-0.3, -0.25) is 4.79 Å². The molecule has 0 spiro atoms. The summed E-state index contributed by atoms with van der Waals surface area (Å²) in [4.78, 5) is 15.3. The van der Waals surface area contributed by atoms with E-state index in [-0.39, 0.29) is 6.54 Å². The molecule has 1 N–H and O–H groups in total. The van der Waals surface area contributed by atoms with Gasteiger partial charge < -0.3 is 9.80 Å². The number of carbonyl (C=O) groups excluding carboxylic acids is 1. The number of hydrogen-bond donors (Lipinski definition) is 1. The number of nitrogens with zero attached hydrogens (tertiary/aromatic N) is 2. The van der Waals surface area contributed by atoms with Gasteiger partial charge in [0.25, 0.3) is 0 Å². The largest absolute Gasteiger partial charge is 0.416 e. The van der Waals surface area contributed by atoms with Crippen molar-refractivity contribution in [1.29, 1.82) is 0 Å². The normalized spacial score (nSPS) is 11.9. The van der Waals surface area contributed by atoms with Crippen LogP contribution >= 0.6 is 0 Å². The van der Waals surface area contributed by atoms with E-state index >= 15 is 0 Å². The molecule has 10 heteroatoms. The van der Waals surface area contributed by atoms with Gasteiger partial charge in [0, 0.05) is 32.9 Å². The molecule has 0 atom stereocenters. The summed E-state index contributed by atoms with van der Waals surface area (Å²) in [5.74, 6) is -0.482. The molecule has 2 rings (SSSR count). The van der Waals surface area contributed by atoms with E-state index < -0.39 is 39.1 Å². The summed E-state index contributed by atoms with van der Waals surface area (Å²) < 4.78 is 65.2. The molecule has 6 nitrogen and oxygen atoms in total. The molecule has 0 heterocycles. The maximum atomic E-state index is 12.8. The quantitative estimate of drug-likeness (QED) is 0.681. The number of nitrogens with one attached hydrogen (secondary N) is 1. The minimum atomic E-state index is -4.66. The van der Waals surface area contributed by atoms with Crippen molar-refractivity contribution < 1.29 is 26.4 Å². The fourth-order valence-electron chi connectivity index (χ4n) is 2.69. The highest BCUT2D eigenvalue weighted by Crippen LogP contribution is 2.30. The molecular weight excluding hydrogens is 419 g/mol. The van der Waals surface area contributed by atoms with E-state index in [1.807, 2.05) is 43.3 Å². The van der Waals surface area contributed by atoms with E-state index in [4.69, 9.17) is 0 Å². The molecule has 0 saturated heterocycles. The number of hydrogen-bond acceptors (Lipinski definition) is 4. The first-order valence-electron chi connectivity index (χ1n) is 9.15. The second-order valence-electron chi connectivity index (χ2n) is 6.82. The summed E-state index contributed by atoms with van der Waals surface area (Å²) in [6.07, 6.45) is -4.66. The smallest absolute Gasteiger partial charge is 0.378 e. The molecule has 0 fully saturated rings. The Morgan fingerprint density at radius 1 is 1.07 bits per heavy atom. The molecule has 0 aliphatic heterocycles. The van der Waals surface area contributed by atoms with Gasteiger partial charge in [0.1, 0.15) is 0 Å². The van der Waals surface area contributed by atoms with Gasteiger partial charge in [0.2, 0.25) is 15.9 Å². The first-order valence-corrected chi connectivity index (χ1v) is 10.6. The minimum Gasteiger partial charge on any atom is -0.378 e. The van der Waals surface area contributed by atoms with Crippen molar-refractivity contribution in [3.8, 4) is 0 Å². The first kappa shape index (κ1) is 23.7. The van der Waals surface area contributed by atoms with Crippen molar-refractivity contribution in [3.05, 3.63) is 59.7 Å². The fourth-order valence-corrected chi connectivity index (χ4v) is 3.71. The number of alkyl halides is 3. The lowest BCUT2D eigenvalue weighted by Gasteiger charge is -2.22. The van der Waals surface area contributed by atoms with Crippen LogP contribution in [0.25, 0.3) is 0 Å². The van der Waals surface area contributed by atoms with Gasteiger partial charge in [-0.05, 0) is 42.8 Å². The third kappa shape index (κ3) is 6.20. The number of likely N-dealkylation sites (N-methyl/N-ethyl adjacent to an activating group) is 1. The molecule has 0 aromatic heterocycles. The van der Waals surface area contributed by atoms with Gasteiger partial charge in [-0.1, -0.05) is 18.2 Å². The zero-order valence-electron chi connectivity index (χ0n) is 16.9. The zero-order valence-corrected chi connectivity index (χ0v) is 17.7. The van der Waals surface area contributed by atoms with E-state index in [2.05, 4.69) is 4.72 Å². The van der Waals surface area contributed by atoms with Crippen LogP contribution in [0, 0.1) is 0 Å². The number of amides is 1. The Labute approximate surface area is 174 Å². The highest BCUT2D eigenvalue weighted by molar-refractivity contribution is 7.89. The van der Waals surface area contributed by atoms with Crippen molar-refractivity contribution >= 4 is 21.6 Å². The molecular formula is C20H24F3N3O3S. The van der Waals surface area contributed by atoms with E-state index in [9.17, 15) is 26.4 Å². The van der Waals surface area contributed by atoms with Crippen molar-refractivity contribution in [1.82, 2.24) is 9.62 Å². The summed E-state index contributed by atoms with van der Waals surface area (Å²) in [6.45, 7) is 1.84. The fraction of sp³-hybridized carbons (Fsp3) is 0.350. The molecule has 0 unspecified atom stereocenters. The SMILES string of the molecule is CCN(Cc1ccc(N(C)C)cc1)C(=O)CNS(=O)(=O)c1cccc(C(F)(F)F)c1. The Bertz CT molecular complexity index is 975. The third-order valence-electron chi connectivity index (χ3n) is 4.45. The lowest BCUT2D eigenvalue weighted by Crippen LogP contribution is -2.39. The summed E-state index contributed by atoms with van der Waals surface area (Å²) in [5, 5.41) is 0. The molecule has 0 saturated carbocycles.